The van der Waals surface area contributed by atoms with Crippen molar-refractivity contribution in [2.75, 3.05) is 20.8 Å². The van der Waals surface area contributed by atoms with E-state index < -0.39 is 0 Å². The first-order valence-electron chi connectivity index (χ1n) is 8.68. The lowest BCUT2D eigenvalue weighted by molar-refractivity contribution is 0.0951. The molecule has 0 aliphatic carbocycles. The normalized spacial score (nSPS) is 11.5. The highest BCUT2D eigenvalue weighted by molar-refractivity contribution is 5.95. The van der Waals surface area contributed by atoms with E-state index in [1.54, 1.807) is 38.6 Å². The monoisotopic (exact) mass is 362 g/mol. The van der Waals surface area contributed by atoms with Crippen molar-refractivity contribution in [2.45, 2.75) is 5.92 Å². The van der Waals surface area contributed by atoms with E-state index in [1.165, 1.54) is 0 Å². The Bertz CT molecular complexity index is 821. The molecule has 138 valence electrons. The maximum atomic E-state index is 12.7. The van der Waals surface area contributed by atoms with Crippen molar-refractivity contribution in [1.29, 1.82) is 0 Å². The van der Waals surface area contributed by atoms with Gasteiger partial charge in [0.25, 0.3) is 5.91 Å². The average Bonchev–Trinajstić information content (AvgIpc) is 2.74. The predicted octanol–water partition coefficient (Wildman–Crippen LogP) is 3.66. The molecule has 0 fully saturated rings. The fourth-order valence-corrected chi connectivity index (χ4v) is 2.90. The van der Waals surface area contributed by atoms with Gasteiger partial charge in [0.05, 0.1) is 14.2 Å². The fourth-order valence-electron chi connectivity index (χ4n) is 2.90. The van der Waals surface area contributed by atoms with Gasteiger partial charge >= 0.3 is 0 Å². The highest BCUT2D eigenvalue weighted by atomic mass is 16.5. The van der Waals surface area contributed by atoms with E-state index in [2.05, 4.69) is 10.3 Å². The van der Waals surface area contributed by atoms with Gasteiger partial charge in [0.15, 0.2) is 0 Å². The first-order chi connectivity index (χ1) is 13.2. The Morgan fingerprint density at radius 1 is 0.963 bits per heavy atom. The van der Waals surface area contributed by atoms with Crippen LogP contribution in [0.4, 0.5) is 0 Å². The van der Waals surface area contributed by atoms with Crippen LogP contribution in [0.2, 0.25) is 0 Å². The van der Waals surface area contributed by atoms with Crippen molar-refractivity contribution in [3.63, 3.8) is 0 Å². The van der Waals surface area contributed by atoms with Gasteiger partial charge in [-0.15, -0.1) is 0 Å². The summed E-state index contributed by atoms with van der Waals surface area (Å²) in [6.45, 7) is 0.430. The number of rotatable bonds is 7. The van der Waals surface area contributed by atoms with Gasteiger partial charge in [-0.05, 0) is 29.8 Å². The third-order valence-corrected chi connectivity index (χ3v) is 4.33. The molecular formula is C22H22N2O3. The molecule has 0 aliphatic rings. The number of carbonyl (C=O) groups excluding carboxylic acids is 1. The molecule has 1 amide bonds. The number of ether oxygens (including phenoxy) is 2. The number of nitrogens with one attached hydrogen (secondary N) is 1. The minimum atomic E-state index is -0.191. The van der Waals surface area contributed by atoms with Crippen LogP contribution >= 0.6 is 0 Å². The van der Waals surface area contributed by atoms with E-state index in [0.29, 0.717) is 23.6 Å². The lowest BCUT2D eigenvalue weighted by Crippen LogP contribution is -2.29. The standard InChI is InChI=1S/C22H22N2O3/c1-26-18-12-17(13-19(14-18)27-2)22(25)24-15-20(16-8-4-3-5-9-16)21-10-6-7-11-23-21/h3-14,20H,15H2,1-2H3,(H,24,25). The minimum absolute atomic E-state index is 0.0381. The van der Waals surface area contributed by atoms with E-state index in [-0.39, 0.29) is 11.8 Å². The quantitative estimate of drug-likeness (QED) is 0.697. The minimum Gasteiger partial charge on any atom is -0.497 e. The molecule has 2 aromatic carbocycles. The molecule has 1 heterocycles. The molecule has 1 unspecified atom stereocenters. The smallest absolute Gasteiger partial charge is 0.251 e. The van der Waals surface area contributed by atoms with Crippen LogP contribution in [0.5, 0.6) is 11.5 Å². The molecule has 0 aliphatic heterocycles. The zero-order chi connectivity index (χ0) is 19.1. The van der Waals surface area contributed by atoms with Crippen molar-refractivity contribution in [3.05, 3.63) is 89.7 Å². The molecule has 1 atom stereocenters. The first kappa shape index (κ1) is 18.5. The number of aromatic nitrogens is 1. The van der Waals surface area contributed by atoms with Crippen molar-refractivity contribution < 1.29 is 14.3 Å². The molecule has 3 aromatic rings. The summed E-state index contributed by atoms with van der Waals surface area (Å²) < 4.78 is 10.5. The van der Waals surface area contributed by atoms with Crippen molar-refractivity contribution in [1.82, 2.24) is 10.3 Å². The van der Waals surface area contributed by atoms with Crippen LogP contribution in [-0.4, -0.2) is 31.7 Å². The number of carbonyl (C=O) groups is 1. The summed E-state index contributed by atoms with van der Waals surface area (Å²) in [5.74, 6) is 0.917. The lowest BCUT2D eigenvalue weighted by atomic mass is 9.95. The SMILES string of the molecule is COc1cc(OC)cc(C(=O)NCC(c2ccccc2)c2ccccn2)c1. The molecule has 0 spiro atoms. The summed E-state index contributed by atoms with van der Waals surface area (Å²) in [7, 11) is 3.12. The maximum Gasteiger partial charge on any atom is 0.251 e. The molecule has 1 N–H and O–H groups in total. The van der Waals surface area contributed by atoms with Crippen LogP contribution < -0.4 is 14.8 Å². The highest BCUT2D eigenvalue weighted by Gasteiger charge is 2.17. The molecule has 5 nitrogen and oxygen atoms in total. The molecule has 5 heteroatoms. The summed E-state index contributed by atoms with van der Waals surface area (Å²) in [4.78, 5) is 17.2. The van der Waals surface area contributed by atoms with E-state index in [1.807, 2.05) is 48.5 Å². The average molecular weight is 362 g/mol. The van der Waals surface area contributed by atoms with E-state index in [9.17, 15) is 4.79 Å². The maximum absolute atomic E-state index is 12.7. The number of benzene rings is 2. The Kier molecular flexibility index (Phi) is 6.05. The second-order valence-electron chi connectivity index (χ2n) is 6.03. The summed E-state index contributed by atoms with van der Waals surface area (Å²) in [5, 5.41) is 3.01. The fraction of sp³-hybridized carbons (Fsp3) is 0.182. The van der Waals surface area contributed by atoms with Crippen molar-refractivity contribution in [3.8, 4) is 11.5 Å². The number of hydrogen-bond acceptors (Lipinski definition) is 4. The Morgan fingerprint density at radius 2 is 1.63 bits per heavy atom. The van der Waals surface area contributed by atoms with Crippen LogP contribution in [0, 0.1) is 0 Å². The molecule has 0 bridgehead atoms. The van der Waals surface area contributed by atoms with Gasteiger partial charge in [0, 0.05) is 36.0 Å². The zero-order valence-corrected chi connectivity index (χ0v) is 15.4. The number of nitrogens with zero attached hydrogens (tertiary/aromatic N) is 1. The highest BCUT2D eigenvalue weighted by Crippen LogP contribution is 2.24. The number of hydrogen-bond donors (Lipinski definition) is 1. The molecule has 0 saturated heterocycles. The van der Waals surface area contributed by atoms with Gasteiger partial charge in [0.1, 0.15) is 11.5 Å². The molecule has 1 aromatic heterocycles. The van der Waals surface area contributed by atoms with Crippen LogP contribution in [0.3, 0.4) is 0 Å². The lowest BCUT2D eigenvalue weighted by Gasteiger charge is -2.18. The second-order valence-corrected chi connectivity index (χ2v) is 6.03. The van der Waals surface area contributed by atoms with Gasteiger partial charge in [-0.1, -0.05) is 36.4 Å². The summed E-state index contributed by atoms with van der Waals surface area (Å²) in [6.07, 6.45) is 1.76. The van der Waals surface area contributed by atoms with Gasteiger partial charge in [0.2, 0.25) is 0 Å². The molecular weight excluding hydrogens is 340 g/mol. The molecule has 27 heavy (non-hydrogen) atoms. The van der Waals surface area contributed by atoms with Gasteiger partial charge in [-0.2, -0.15) is 0 Å². The van der Waals surface area contributed by atoms with Crippen LogP contribution in [0.1, 0.15) is 27.5 Å². The summed E-state index contributed by atoms with van der Waals surface area (Å²) in [6, 6.07) is 20.9. The largest absolute Gasteiger partial charge is 0.497 e. The molecule has 0 radical (unpaired) electrons. The summed E-state index contributed by atoms with van der Waals surface area (Å²) in [5.41, 5.74) is 2.49. The Labute approximate surface area is 159 Å². The third-order valence-electron chi connectivity index (χ3n) is 4.33. The van der Waals surface area contributed by atoms with Crippen molar-refractivity contribution >= 4 is 5.91 Å². The molecule has 3 rings (SSSR count). The van der Waals surface area contributed by atoms with Crippen LogP contribution in [0.25, 0.3) is 0 Å². The first-order valence-corrected chi connectivity index (χ1v) is 8.68. The van der Waals surface area contributed by atoms with Gasteiger partial charge in [-0.25, -0.2) is 0 Å². The Balaban J connectivity index is 1.81. The third kappa shape index (κ3) is 4.64. The second kappa shape index (κ2) is 8.85. The van der Waals surface area contributed by atoms with E-state index in [0.717, 1.165) is 11.3 Å². The summed E-state index contributed by atoms with van der Waals surface area (Å²) >= 11 is 0. The van der Waals surface area contributed by atoms with Gasteiger partial charge in [-0.3, -0.25) is 9.78 Å². The Hall–Kier alpha value is -3.34. The van der Waals surface area contributed by atoms with Crippen LogP contribution in [-0.2, 0) is 0 Å². The number of methoxy groups -OCH3 is 2. The van der Waals surface area contributed by atoms with E-state index >= 15 is 0 Å². The predicted molar refractivity (Wildman–Crippen MR) is 104 cm³/mol. The topological polar surface area (TPSA) is 60.5 Å². The number of pyridine rings is 1. The van der Waals surface area contributed by atoms with Crippen LogP contribution in [0.15, 0.2) is 72.9 Å². The van der Waals surface area contributed by atoms with Crippen molar-refractivity contribution in [2.24, 2.45) is 0 Å². The Morgan fingerprint density at radius 3 is 2.22 bits per heavy atom. The van der Waals surface area contributed by atoms with Gasteiger partial charge < -0.3 is 14.8 Å². The number of amides is 1. The molecule has 0 saturated carbocycles. The zero-order valence-electron chi connectivity index (χ0n) is 15.4. The van der Waals surface area contributed by atoms with E-state index in [4.69, 9.17) is 9.47 Å².